The van der Waals surface area contributed by atoms with E-state index in [1.165, 1.54) is 4.90 Å². The molecule has 15 N–H and O–H groups in total. The van der Waals surface area contributed by atoms with Gasteiger partial charge in [0.1, 0.15) is 54.7 Å². The lowest BCUT2D eigenvalue weighted by atomic mass is 10.0. The van der Waals surface area contributed by atoms with Gasteiger partial charge in [0.05, 0.1) is 38.5 Å². The van der Waals surface area contributed by atoms with Gasteiger partial charge in [-0.15, -0.1) is 0 Å². The van der Waals surface area contributed by atoms with Crippen molar-refractivity contribution in [3.8, 4) is 0 Å². The van der Waals surface area contributed by atoms with Gasteiger partial charge in [-0.2, -0.15) is 13.2 Å². The van der Waals surface area contributed by atoms with Crippen molar-refractivity contribution in [2.24, 2.45) is 0 Å². The van der Waals surface area contributed by atoms with Crippen molar-refractivity contribution in [1.82, 2.24) is 35.1 Å². The number of imidazole rings is 1. The molecule has 0 saturated heterocycles. The Labute approximate surface area is 350 Å². The Morgan fingerprint density at radius 3 is 1.92 bits per heavy atom. The number of halogens is 3. The second kappa shape index (κ2) is 22.8. The molecule has 4 rings (SSSR count). The second-order valence-electron chi connectivity index (χ2n) is 13.9. The molecule has 0 spiro atoms. The number of aliphatic carboxylic acids is 1. The van der Waals surface area contributed by atoms with Crippen molar-refractivity contribution in [2.45, 2.75) is 88.5 Å². The third-order valence-electron chi connectivity index (χ3n) is 9.59. The average Bonchev–Trinajstić information content (AvgIpc) is 3.83. The van der Waals surface area contributed by atoms with Crippen LogP contribution in [0.5, 0.6) is 0 Å². The first-order valence-electron chi connectivity index (χ1n) is 19.0. The van der Waals surface area contributed by atoms with Gasteiger partial charge in [-0.3, -0.25) is 14.5 Å². The number of nitrogens with zero attached hydrogens (tertiary/aromatic N) is 5. The van der Waals surface area contributed by atoms with Crippen LogP contribution in [0.25, 0.3) is 22.2 Å². The van der Waals surface area contributed by atoms with Gasteiger partial charge in [-0.25, -0.2) is 19.1 Å². The van der Waals surface area contributed by atoms with Gasteiger partial charge in [-0.1, -0.05) is 0 Å². The maximum absolute atomic E-state index is 13.4. The summed E-state index contributed by atoms with van der Waals surface area (Å²) in [4.78, 5) is 48.0. The van der Waals surface area contributed by atoms with Crippen LogP contribution in [0.1, 0.15) is 40.5 Å². The van der Waals surface area contributed by atoms with E-state index < -0.39 is 99.1 Å². The lowest BCUT2D eigenvalue weighted by Gasteiger charge is -2.33. The molecule has 0 aliphatic carbocycles. The summed E-state index contributed by atoms with van der Waals surface area (Å²) in [5, 5.41) is 114. The van der Waals surface area contributed by atoms with E-state index in [1.54, 1.807) is 30.5 Å². The third kappa shape index (κ3) is 13.0. The fourth-order valence-corrected chi connectivity index (χ4v) is 6.28. The molecule has 3 heterocycles. The maximum atomic E-state index is 13.4. The molecule has 0 bridgehead atoms. The lowest BCUT2D eigenvalue weighted by Crippen LogP contribution is -2.54. The summed E-state index contributed by atoms with van der Waals surface area (Å²) < 4.78 is 35.5. The Hall–Kier alpha value is -5.13. The number of H-pyrrole nitrogens is 1. The van der Waals surface area contributed by atoms with Gasteiger partial charge in [0.2, 0.25) is 0 Å². The molecule has 346 valence electrons. The number of carbonyl (C=O) groups is 3. The number of aliphatic hydroxyl groups is 10. The van der Waals surface area contributed by atoms with E-state index in [2.05, 4.69) is 25.6 Å². The summed E-state index contributed by atoms with van der Waals surface area (Å²) in [6.07, 6.45) is -18.4. The minimum Gasteiger partial charge on any atom is -0.542 e. The van der Waals surface area contributed by atoms with Gasteiger partial charge in [0, 0.05) is 44.0 Å². The molecule has 4 aromatic rings. The van der Waals surface area contributed by atoms with Crippen LogP contribution in [0.2, 0.25) is 0 Å². The number of amides is 2. The zero-order valence-corrected chi connectivity index (χ0v) is 33.4. The zero-order chi connectivity index (χ0) is 46.6. The largest absolute Gasteiger partial charge is 0.542 e. The van der Waals surface area contributed by atoms with E-state index in [0.717, 1.165) is 11.3 Å². The van der Waals surface area contributed by atoms with E-state index in [1.807, 2.05) is 23.0 Å². The number of hydrogen-bond donors (Lipinski definition) is 14. The summed E-state index contributed by atoms with van der Waals surface area (Å²) in [5.41, 5.74) is 8.72. The first-order valence-corrected chi connectivity index (χ1v) is 19.0. The molecule has 1 aromatic carbocycles. The molecule has 3 aromatic heterocycles. The predicted molar refractivity (Wildman–Crippen MR) is 205 cm³/mol. The van der Waals surface area contributed by atoms with E-state index in [-0.39, 0.29) is 36.7 Å². The van der Waals surface area contributed by atoms with Crippen LogP contribution in [0, 0.1) is 0 Å². The minimum absolute atomic E-state index is 0.0145. The molecule has 8 atom stereocenters. The second-order valence-corrected chi connectivity index (χ2v) is 13.9. The molecule has 26 heteroatoms. The number of nitrogens with two attached hydrogens (primary N) is 1. The molecular weight excluding hydrogens is 839 g/mol. The third-order valence-corrected chi connectivity index (χ3v) is 9.59. The number of aromatic nitrogens is 5. The van der Waals surface area contributed by atoms with Gasteiger partial charge in [-0.05, 0) is 32.0 Å². The van der Waals surface area contributed by atoms with Crippen LogP contribution >= 0.6 is 0 Å². The molecule has 0 saturated carbocycles. The van der Waals surface area contributed by atoms with Gasteiger partial charge in [0.25, 0.3) is 17.6 Å². The number of carboxylic acids is 1. The van der Waals surface area contributed by atoms with Crippen molar-refractivity contribution in [2.75, 3.05) is 45.1 Å². The Balaban J connectivity index is 0.00000134. The molecule has 23 nitrogen and oxygen atoms in total. The summed E-state index contributed by atoms with van der Waals surface area (Å²) in [6, 6.07) is 6.76. The number of carboxylic acid groups (broad SMARTS) is 1. The number of aliphatic hydroxyl groups excluding tert-OH is 10. The monoisotopic (exact) mass is 891 g/mol. The standard InChI is InChI=1S/C34H51N9O12.C2HF3O2/c1-3-42-19-6-5-17(11-20(19)43(4-2)25(42)12-38-34(55)26-31(35)40-32-18(39-26)7-8-36-32)33(54)37-9-10-41(13-21(46)27(50)29(52)23(48)15-44)14-22(47)28(51)30(53)24(49)16-45;3-2(4,5)1(6)7/h5-8,11,21-24,27-30,44-53H,3-4,9-10,12-16H2,1-2H3,(H4-,35,36,37,38,39,40,54,55);(H,6,7)/t21-,22-,23+,24+,27+,28+,29+,30+;/m0./s1. The van der Waals surface area contributed by atoms with Crippen molar-refractivity contribution >= 4 is 45.8 Å². The molecule has 62 heavy (non-hydrogen) atoms. The number of anilines is 1. The quantitative estimate of drug-likeness (QED) is 0.0346. The smallest absolute Gasteiger partial charge is 0.430 e. The van der Waals surface area contributed by atoms with E-state index in [4.69, 9.17) is 25.8 Å². The first kappa shape index (κ1) is 51.2. The predicted octanol–water partition coefficient (Wildman–Crippen LogP) is -6.05. The summed E-state index contributed by atoms with van der Waals surface area (Å²) >= 11 is 0. The molecule has 0 fully saturated rings. The van der Waals surface area contributed by atoms with Crippen molar-refractivity contribution in [1.29, 1.82) is 0 Å². The van der Waals surface area contributed by atoms with E-state index in [0.29, 0.717) is 29.8 Å². The minimum atomic E-state index is -5.19. The molecule has 0 aliphatic rings. The zero-order valence-electron chi connectivity index (χ0n) is 33.4. The van der Waals surface area contributed by atoms with Gasteiger partial charge in [0.15, 0.2) is 28.2 Å². The van der Waals surface area contributed by atoms with Crippen LogP contribution < -0.4 is 26.0 Å². The highest BCUT2D eigenvalue weighted by molar-refractivity contribution is 5.98. The number of rotatable bonds is 21. The highest BCUT2D eigenvalue weighted by Crippen LogP contribution is 2.19. The fourth-order valence-electron chi connectivity index (χ4n) is 6.28. The van der Waals surface area contributed by atoms with Crippen molar-refractivity contribution in [3.63, 3.8) is 0 Å². The van der Waals surface area contributed by atoms with Crippen LogP contribution in [0.3, 0.4) is 0 Å². The lowest BCUT2D eigenvalue weighted by molar-refractivity contribution is -0.676. The number of aromatic amines is 1. The average molecular weight is 892 g/mol. The molecule has 2 amide bonds. The van der Waals surface area contributed by atoms with Crippen LogP contribution in [0.15, 0.2) is 30.5 Å². The van der Waals surface area contributed by atoms with E-state index in [9.17, 15) is 63.6 Å². The fraction of sp³-hybridized carbons (Fsp3) is 0.556. The Kier molecular flexibility index (Phi) is 18.8. The van der Waals surface area contributed by atoms with E-state index >= 15 is 0 Å². The number of fused-ring (bicyclic) bond motifs is 2. The first-order chi connectivity index (χ1) is 29.1. The van der Waals surface area contributed by atoms with Crippen LogP contribution in [-0.4, -0.2) is 188 Å². The number of nitrogen functional groups attached to an aromatic ring is 1. The number of aryl methyl sites for hydroxylation is 2. The topological polar surface area (TPSA) is 380 Å². The van der Waals surface area contributed by atoms with Crippen LogP contribution in [0.4, 0.5) is 19.0 Å². The molecular formula is C36H52F3N9O14. The highest BCUT2D eigenvalue weighted by atomic mass is 19.4. The molecule has 0 radical (unpaired) electrons. The summed E-state index contributed by atoms with van der Waals surface area (Å²) in [5.74, 6) is -3.30. The Morgan fingerprint density at radius 1 is 0.871 bits per heavy atom. The highest BCUT2D eigenvalue weighted by Gasteiger charge is 2.35. The van der Waals surface area contributed by atoms with Gasteiger partial charge >= 0.3 is 6.18 Å². The Bertz CT molecular complexity index is 2080. The molecule has 0 unspecified atom stereocenters. The van der Waals surface area contributed by atoms with Crippen molar-refractivity contribution in [3.05, 3.63) is 47.5 Å². The number of carbonyl (C=O) groups excluding carboxylic acids is 3. The normalized spacial score (nSPS) is 15.9. The summed E-state index contributed by atoms with van der Waals surface area (Å²) in [6.45, 7) is 1.99. The van der Waals surface area contributed by atoms with Crippen molar-refractivity contribution < 1.29 is 88.3 Å². The van der Waals surface area contributed by atoms with Gasteiger partial charge < -0.3 is 82.3 Å². The number of benzene rings is 1. The van der Waals surface area contributed by atoms with Crippen LogP contribution in [-0.2, 0) is 24.4 Å². The maximum Gasteiger partial charge on any atom is 0.430 e. The number of nitrogens with one attached hydrogen (secondary N) is 3. The number of hydrogen-bond acceptors (Lipinski definition) is 18. The SMILES string of the molecule is CCn1c(CNC(=O)c2nc3cc[nH]c3nc2N)[n+](CC)c2ccc(C(=O)NCCN(C[C@H](O)[C@@H](O)[C@H](O)[C@H](O)CO)C[C@H](O)[C@@H](O)[C@H](O)[C@H](O)CO)cc21.O=C([O-])C(F)(F)F. The Morgan fingerprint density at radius 2 is 1.42 bits per heavy atom. The summed E-state index contributed by atoms with van der Waals surface area (Å²) in [7, 11) is 0. The molecule has 0 aliphatic heterocycles. The number of alkyl halides is 3.